The third-order valence-electron chi connectivity index (χ3n) is 8.53. The summed E-state index contributed by atoms with van der Waals surface area (Å²) < 4.78 is 0. The van der Waals surface area contributed by atoms with Crippen molar-refractivity contribution in [3.8, 4) is 0 Å². The normalized spacial score (nSPS) is 15.1. The molecule has 0 aliphatic carbocycles. The second kappa shape index (κ2) is 21.6. The summed E-state index contributed by atoms with van der Waals surface area (Å²) in [7, 11) is 0. The largest absolute Gasteiger partial charge is 0.481 e. The molecule has 8 heteroatoms. The summed E-state index contributed by atoms with van der Waals surface area (Å²) in [5, 5.41) is 15.3. The number of rotatable bonds is 25. The quantitative estimate of drug-likeness (QED) is 0.105. The highest BCUT2D eigenvalue weighted by Gasteiger charge is 2.35. The van der Waals surface area contributed by atoms with Gasteiger partial charge in [-0.1, -0.05) is 105 Å². The first-order chi connectivity index (χ1) is 19.6. The molecule has 0 saturated carbocycles. The maximum Gasteiger partial charge on any atom is 0.307 e. The van der Waals surface area contributed by atoms with Crippen LogP contribution in [0.25, 0.3) is 0 Å². The number of carboxylic acids is 1. The smallest absolute Gasteiger partial charge is 0.307 e. The van der Waals surface area contributed by atoms with Crippen LogP contribution in [0.5, 0.6) is 0 Å². The van der Waals surface area contributed by atoms with Crippen molar-refractivity contribution >= 4 is 23.7 Å². The minimum absolute atomic E-state index is 0.000378. The molecule has 2 atom stereocenters. The Morgan fingerprint density at radius 2 is 1.41 bits per heavy atom. The first-order valence-corrected chi connectivity index (χ1v) is 16.7. The number of nitrogens with one attached hydrogen (secondary N) is 2. The van der Waals surface area contributed by atoms with Crippen LogP contribution < -0.4 is 10.6 Å². The molecule has 3 N–H and O–H groups in total. The summed E-state index contributed by atoms with van der Waals surface area (Å²) >= 11 is 0. The van der Waals surface area contributed by atoms with E-state index in [2.05, 4.69) is 24.5 Å². The molecular weight excluding hydrogens is 518 g/mol. The van der Waals surface area contributed by atoms with Crippen LogP contribution in [0.15, 0.2) is 0 Å². The van der Waals surface area contributed by atoms with E-state index in [-0.39, 0.29) is 30.2 Å². The highest BCUT2D eigenvalue weighted by Crippen LogP contribution is 2.29. The predicted molar refractivity (Wildman–Crippen MR) is 165 cm³/mol. The van der Waals surface area contributed by atoms with Crippen LogP contribution in [0.2, 0.25) is 0 Å². The molecule has 1 aliphatic heterocycles. The predicted octanol–water partition coefficient (Wildman–Crippen LogP) is 6.61. The van der Waals surface area contributed by atoms with E-state index < -0.39 is 17.3 Å². The molecule has 1 rings (SSSR count). The molecular formula is C33H61N3O5. The third kappa shape index (κ3) is 16.2. The lowest BCUT2D eigenvalue weighted by molar-refractivity contribution is -0.144. The first kappa shape index (κ1) is 36.9. The van der Waals surface area contributed by atoms with Gasteiger partial charge >= 0.3 is 5.97 Å². The molecule has 0 aromatic rings. The van der Waals surface area contributed by atoms with E-state index in [0.717, 1.165) is 38.6 Å². The van der Waals surface area contributed by atoms with Crippen molar-refractivity contribution in [2.75, 3.05) is 19.6 Å². The Balaban J connectivity index is 2.17. The molecule has 1 fully saturated rings. The van der Waals surface area contributed by atoms with Gasteiger partial charge in [-0.05, 0) is 32.1 Å². The Morgan fingerprint density at radius 3 is 1.93 bits per heavy atom. The van der Waals surface area contributed by atoms with Crippen LogP contribution >= 0.6 is 0 Å². The summed E-state index contributed by atoms with van der Waals surface area (Å²) in [6, 6.07) is 0.0714. The number of carbonyl (C=O) groups is 4. The molecule has 0 aromatic carbocycles. The maximum absolute atomic E-state index is 12.8. The number of hydrogen-bond acceptors (Lipinski definition) is 4. The molecule has 0 radical (unpaired) electrons. The van der Waals surface area contributed by atoms with E-state index in [1.165, 1.54) is 57.8 Å². The SMILES string of the molecule is CCCCCCCCCCCCCCC(CC(=O)NCCCNC(=O)C(C)(C)CC(CC)N1CCCC1=O)C(=O)O. The lowest BCUT2D eigenvalue weighted by Gasteiger charge is -2.33. The number of aliphatic carboxylic acids is 1. The number of unbranched alkanes of at least 4 members (excludes halogenated alkanes) is 11. The zero-order valence-corrected chi connectivity index (χ0v) is 26.7. The van der Waals surface area contributed by atoms with Crippen molar-refractivity contribution in [2.45, 2.75) is 156 Å². The van der Waals surface area contributed by atoms with Crippen LogP contribution in [0.1, 0.15) is 150 Å². The van der Waals surface area contributed by atoms with E-state index in [9.17, 15) is 24.3 Å². The van der Waals surface area contributed by atoms with E-state index >= 15 is 0 Å². The number of carboxylic acid groups (broad SMARTS) is 1. The van der Waals surface area contributed by atoms with Gasteiger partial charge < -0.3 is 20.6 Å². The van der Waals surface area contributed by atoms with E-state index in [1.807, 2.05) is 18.7 Å². The highest BCUT2D eigenvalue weighted by atomic mass is 16.4. The number of likely N-dealkylation sites (tertiary alicyclic amines) is 1. The zero-order chi connectivity index (χ0) is 30.5. The topological polar surface area (TPSA) is 116 Å². The molecule has 1 saturated heterocycles. The summed E-state index contributed by atoms with van der Waals surface area (Å²) in [6.07, 6.45) is 18.8. The van der Waals surface area contributed by atoms with Crippen LogP contribution in [0.3, 0.4) is 0 Å². The Morgan fingerprint density at radius 1 is 0.854 bits per heavy atom. The number of carbonyl (C=O) groups excluding carboxylic acids is 3. The second-order valence-corrected chi connectivity index (χ2v) is 12.7. The molecule has 238 valence electrons. The summed E-state index contributed by atoms with van der Waals surface area (Å²) in [5.41, 5.74) is -0.602. The van der Waals surface area contributed by atoms with Crippen LogP contribution in [-0.4, -0.2) is 59.4 Å². The van der Waals surface area contributed by atoms with Gasteiger partial charge in [0, 0.05) is 43.9 Å². The van der Waals surface area contributed by atoms with Gasteiger partial charge in [-0.25, -0.2) is 0 Å². The molecule has 3 amide bonds. The minimum Gasteiger partial charge on any atom is -0.481 e. The molecule has 8 nitrogen and oxygen atoms in total. The lowest BCUT2D eigenvalue weighted by atomic mass is 9.83. The van der Waals surface area contributed by atoms with E-state index in [4.69, 9.17) is 0 Å². The molecule has 0 bridgehead atoms. The maximum atomic E-state index is 12.8. The van der Waals surface area contributed by atoms with Crippen LogP contribution in [0.4, 0.5) is 0 Å². The number of nitrogens with zero attached hydrogens (tertiary/aromatic N) is 1. The fourth-order valence-corrected chi connectivity index (χ4v) is 5.81. The standard InChI is InChI=1S/C33H61N3O5/c1-5-7-8-9-10-11-12-13-14-15-16-17-20-27(31(39)40)25-29(37)34-22-19-23-35-32(41)33(3,4)26-28(6-2)36-24-18-21-30(36)38/h27-28H,5-26H2,1-4H3,(H,34,37)(H,35,41)(H,39,40). The first-order valence-electron chi connectivity index (χ1n) is 16.7. The fraction of sp³-hybridized carbons (Fsp3) is 0.879. The molecule has 0 spiro atoms. The van der Waals surface area contributed by atoms with Crippen molar-refractivity contribution in [1.82, 2.24) is 15.5 Å². The second-order valence-electron chi connectivity index (χ2n) is 12.7. The van der Waals surface area contributed by atoms with Gasteiger partial charge in [0.2, 0.25) is 17.7 Å². The molecule has 41 heavy (non-hydrogen) atoms. The summed E-state index contributed by atoms with van der Waals surface area (Å²) in [6.45, 7) is 9.72. The lowest BCUT2D eigenvalue weighted by Crippen LogP contribution is -2.44. The van der Waals surface area contributed by atoms with Gasteiger partial charge in [0.05, 0.1) is 5.92 Å². The van der Waals surface area contributed by atoms with E-state index in [0.29, 0.717) is 38.8 Å². The van der Waals surface area contributed by atoms with Gasteiger partial charge in [-0.15, -0.1) is 0 Å². The van der Waals surface area contributed by atoms with Crippen molar-refractivity contribution in [2.24, 2.45) is 11.3 Å². The molecule has 1 heterocycles. The van der Waals surface area contributed by atoms with Gasteiger partial charge in [0.15, 0.2) is 0 Å². The highest BCUT2D eigenvalue weighted by molar-refractivity contribution is 5.83. The minimum atomic E-state index is -0.904. The van der Waals surface area contributed by atoms with Crippen LogP contribution in [-0.2, 0) is 19.2 Å². The van der Waals surface area contributed by atoms with Gasteiger partial charge in [0.1, 0.15) is 0 Å². The van der Waals surface area contributed by atoms with E-state index in [1.54, 1.807) is 0 Å². The van der Waals surface area contributed by atoms with Crippen molar-refractivity contribution in [3.63, 3.8) is 0 Å². The average Bonchev–Trinajstić information content (AvgIpc) is 3.36. The molecule has 2 unspecified atom stereocenters. The zero-order valence-electron chi connectivity index (χ0n) is 26.7. The Kier molecular flexibility index (Phi) is 19.4. The van der Waals surface area contributed by atoms with Gasteiger partial charge in [-0.3, -0.25) is 19.2 Å². The fourth-order valence-electron chi connectivity index (χ4n) is 5.81. The molecule has 1 aliphatic rings. The summed E-state index contributed by atoms with van der Waals surface area (Å²) in [5.74, 6) is -1.67. The van der Waals surface area contributed by atoms with Crippen molar-refractivity contribution in [3.05, 3.63) is 0 Å². The summed E-state index contributed by atoms with van der Waals surface area (Å²) in [4.78, 5) is 50.9. The molecule has 0 aromatic heterocycles. The van der Waals surface area contributed by atoms with Gasteiger partial charge in [-0.2, -0.15) is 0 Å². The Bertz CT molecular complexity index is 770. The Labute approximate surface area is 250 Å². The van der Waals surface area contributed by atoms with Crippen molar-refractivity contribution < 1.29 is 24.3 Å². The monoisotopic (exact) mass is 579 g/mol. The average molecular weight is 580 g/mol. The van der Waals surface area contributed by atoms with Crippen LogP contribution in [0, 0.1) is 11.3 Å². The number of amides is 3. The number of hydrogen-bond donors (Lipinski definition) is 3. The van der Waals surface area contributed by atoms with Crippen molar-refractivity contribution in [1.29, 1.82) is 0 Å². The third-order valence-corrected chi connectivity index (χ3v) is 8.53. The van der Waals surface area contributed by atoms with Gasteiger partial charge in [0.25, 0.3) is 0 Å². The Hall–Kier alpha value is -2.12.